The van der Waals surface area contributed by atoms with Crippen molar-refractivity contribution in [3.63, 3.8) is 0 Å². The largest absolute Gasteiger partial charge is 0.370 e. The quantitative estimate of drug-likeness (QED) is 0.0505. The van der Waals surface area contributed by atoms with Crippen molar-refractivity contribution >= 4 is 5.96 Å². The third kappa shape index (κ3) is 63.1. The summed E-state index contributed by atoms with van der Waals surface area (Å²) in [5.74, 6) is 4.90. The summed E-state index contributed by atoms with van der Waals surface area (Å²) in [6.07, 6.45) is 28.1. The van der Waals surface area contributed by atoms with Gasteiger partial charge in [0.15, 0.2) is 5.96 Å². The fourth-order valence-electron chi connectivity index (χ4n) is 10.9. The van der Waals surface area contributed by atoms with E-state index in [1.54, 1.807) is 0 Å². The zero-order valence-corrected chi connectivity index (χ0v) is 64.1. The molecule has 7 aliphatic rings. The third-order valence-corrected chi connectivity index (χ3v) is 16.5. The highest BCUT2D eigenvalue weighted by molar-refractivity contribution is 5.75. The first-order valence-corrected chi connectivity index (χ1v) is 35.8. The van der Waals surface area contributed by atoms with Gasteiger partial charge in [0.25, 0.3) is 0 Å². The van der Waals surface area contributed by atoms with Gasteiger partial charge in [-0.1, -0.05) is 200 Å². The van der Waals surface area contributed by atoms with Crippen molar-refractivity contribution in [2.24, 2.45) is 118 Å². The maximum absolute atomic E-state index is 5.93. The van der Waals surface area contributed by atoms with Gasteiger partial charge in [0.2, 0.25) is 0 Å². The van der Waals surface area contributed by atoms with E-state index in [1.165, 1.54) is 161 Å². The van der Waals surface area contributed by atoms with E-state index >= 15 is 0 Å². The van der Waals surface area contributed by atoms with Gasteiger partial charge in [-0.3, -0.25) is 4.99 Å². The number of hydrogen-bond acceptors (Lipinski definition) is 9. The first-order valence-electron chi connectivity index (χ1n) is 35.8. The van der Waals surface area contributed by atoms with Crippen molar-refractivity contribution < 1.29 is 0 Å². The van der Waals surface area contributed by atoms with Gasteiger partial charge in [-0.15, -0.1) is 0 Å². The Morgan fingerprint density at radius 3 is 1.08 bits per heavy atom. The van der Waals surface area contributed by atoms with E-state index in [1.807, 2.05) is 7.05 Å². The minimum Gasteiger partial charge on any atom is -0.370 e. The number of hydrogen-bond donors (Lipinski definition) is 10. The van der Waals surface area contributed by atoms with E-state index in [-0.39, 0.29) is 11.5 Å². The highest BCUT2D eigenvalue weighted by atomic mass is 15.0. The van der Waals surface area contributed by atoms with Crippen LogP contribution in [0.15, 0.2) is 4.99 Å². The molecule has 0 radical (unpaired) electrons. The third-order valence-electron chi connectivity index (χ3n) is 16.5. The molecule has 0 amide bonds. The van der Waals surface area contributed by atoms with E-state index in [4.69, 9.17) is 40.1 Å². The Morgan fingerprint density at radius 2 is 0.895 bits per heavy atom. The van der Waals surface area contributed by atoms with Crippen LogP contribution < -0.4 is 56.1 Å². The van der Waals surface area contributed by atoms with Crippen LogP contribution in [0, 0.1) is 72.9 Å². The Kier molecular flexibility index (Phi) is 48.1. The van der Waals surface area contributed by atoms with Crippen molar-refractivity contribution in [2.45, 2.75) is 352 Å². The van der Waals surface area contributed by atoms with E-state index in [9.17, 15) is 0 Å². The first-order chi connectivity index (χ1) is 38.9. The summed E-state index contributed by atoms with van der Waals surface area (Å²) in [6, 6.07) is 1.59. The highest BCUT2D eigenvalue weighted by Gasteiger charge is 2.51. The summed E-state index contributed by atoms with van der Waals surface area (Å²) in [6.45, 7) is 68.7. The number of guanidine groups is 1. The Labute approximate surface area is 542 Å². The predicted molar refractivity (Wildman–Crippen MR) is 392 cm³/mol. The Morgan fingerprint density at radius 1 is 0.500 bits per heavy atom. The van der Waals surface area contributed by atoms with Gasteiger partial charge in [0.1, 0.15) is 0 Å². The molecule has 11 heteroatoms. The standard InChI is InChI=1S/C9H19N3.2C9H19N.2C8H17N.C8H19N.C7H17N.C6H13N.C5H11N.2C3H8/c1-8(2,3)9(4-5-9)6-12-7(10)11;1-9(2,3)6-7-4-8(10)5-7;1-9(2,3)5-4-8-6-10-7-8;1-8(2,3)4-7-5-9-6-7;1-7(2,3)6-8(9)4-5-8;1-8(2,3)6-5-7-9-4;1-7(2,3)5-4-6-8;1-5-2-3-6(7)4-5;1-4-2-5(6)3-4;2*1-3-2/h4-6H2,1-3H3,(H4,10,11,12);7-8H,4-6,10H2,1-3H3;8,10H,4-7H2,1-3H3;7,9H,4-6H2,1-3H3;4-6,9H2,1-3H3;9H,5-7H2,1-4H3;4-6,8H2,1-3H3;5-6H,2-4,7H2,1H3;4-5H,2-3,6H2,1H3;2*3H2,1-2H3/t;;;;;;;5-,6+;;;/m.......1.../s1. The molecule has 0 bridgehead atoms. The first kappa shape index (κ1) is 91.4. The van der Waals surface area contributed by atoms with E-state index in [0.29, 0.717) is 61.4 Å². The number of rotatable bonds is 12. The minimum absolute atomic E-state index is 0.213. The molecule has 7 rings (SSSR count). The zero-order chi connectivity index (χ0) is 68.0. The molecule has 7 fully saturated rings. The van der Waals surface area contributed by atoms with Crippen molar-refractivity contribution in [3.8, 4) is 0 Å². The molecular weight excluding hydrogens is 1050 g/mol. The highest BCUT2D eigenvalue weighted by Crippen LogP contribution is 2.58. The van der Waals surface area contributed by atoms with Crippen molar-refractivity contribution in [2.75, 3.05) is 52.9 Å². The maximum Gasteiger partial charge on any atom is 0.185 e. The van der Waals surface area contributed by atoms with Gasteiger partial charge in [-0.05, 0) is 248 Å². The van der Waals surface area contributed by atoms with Crippen LogP contribution in [0.3, 0.4) is 0 Å². The molecule has 86 heavy (non-hydrogen) atoms. The fraction of sp³-hybridized carbons (Fsp3) is 0.987. The lowest BCUT2D eigenvalue weighted by Gasteiger charge is -2.36. The molecule has 0 aromatic rings. The second-order valence-corrected chi connectivity index (χ2v) is 36.8. The summed E-state index contributed by atoms with van der Waals surface area (Å²) in [5, 5.41) is 9.72. The Balaban J connectivity index is -0.000000436. The van der Waals surface area contributed by atoms with Crippen LogP contribution in [0.2, 0.25) is 0 Å². The fourth-order valence-corrected chi connectivity index (χ4v) is 10.9. The van der Waals surface area contributed by atoms with Gasteiger partial charge < -0.3 is 56.1 Å². The van der Waals surface area contributed by atoms with Gasteiger partial charge in [0, 0.05) is 30.2 Å². The van der Waals surface area contributed by atoms with Crippen LogP contribution in [-0.4, -0.2) is 82.5 Å². The number of nitrogens with two attached hydrogens (primary N) is 7. The van der Waals surface area contributed by atoms with Gasteiger partial charge in [-0.2, -0.15) is 0 Å². The van der Waals surface area contributed by atoms with Crippen molar-refractivity contribution in [1.29, 1.82) is 0 Å². The van der Waals surface area contributed by atoms with Gasteiger partial charge in [0.05, 0.1) is 0 Å². The van der Waals surface area contributed by atoms with E-state index in [2.05, 4.69) is 208 Å². The average molecular weight is 1220 g/mol. The second kappa shape index (κ2) is 45.3. The summed E-state index contributed by atoms with van der Waals surface area (Å²) in [5.41, 5.74) is 42.6. The topological polar surface area (TPSA) is 231 Å². The summed E-state index contributed by atoms with van der Waals surface area (Å²) in [4.78, 5) is 4.10. The molecule has 2 aliphatic heterocycles. The number of nitrogens with one attached hydrogen (secondary N) is 3. The zero-order valence-electron chi connectivity index (χ0n) is 64.1. The molecule has 5 saturated carbocycles. The minimum atomic E-state index is 0.213. The van der Waals surface area contributed by atoms with E-state index < -0.39 is 0 Å². The monoisotopic (exact) mass is 1220 g/mol. The molecule has 17 N–H and O–H groups in total. The Bertz CT molecular complexity index is 1540. The molecule has 522 valence electrons. The summed E-state index contributed by atoms with van der Waals surface area (Å²) in [7, 11) is 2.00. The van der Waals surface area contributed by atoms with Crippen LogP contribution in [0.1, 0.15) is 328 Å². The van der Waals surface area contributed by atoms with Crippen LogP contribution in [0.4, 0.5) is 0 Å². The molecule has 5 aliphatic carbocycles. The smallest absolute Gasteiger partial charge is 0.185 e. The molecule has 0 aromatic heterocycles. The number of aliphatic imine (C=N–C) groups is 1. The van der Waals surface area contributed by atoms with Crippen molar-refractivity contribution in [3.05, 3.63) is 0 Å². The van der Waals surface area contributed by atoms with Gasteiger partial charge >= 0.3 is 0 Å². The summed E-state index contributed by atoms with van der Waals surface area (Å²) < 4.78 is 0. The molecule has 0 spiro atoms. The molecular formula is C75H167N11. The molecule has 2 atom stereocenters. The van der Waals surface area contributed by atoms with Crippen LogP contribution >= 0.6 is 0 Å². The lowest BCUT2D eigenvalue weighted by Crippen LogP contribution is -2.43. The van der Waals surface area contributed by atoms with Crippen molar-refractivity contribution in [1.82, 2.24) is 16.0 Å². The SMILES string of the molecule is CC(C)(C)C1(CN=C(N)N)CC1.CC(C)(C)CC1(N)CC1.CC(C)(C)CC1CC(N)C1.CC(C)(C)CC1CNC1.CC(C)(C)CCC1CNC1.CC(C)(C)CCCN.CC1CC(N)C1.CCC.CCC.CNCCCC(C)(C)C.C[C@@H]1CC[C@H](N)C1. The predicted octanol–water partition coefficient (Wildman–Crippen LogP) is 17.3. The molecule has 11 nitrogen and oxygen atoms in total. The van der Waals surface area contributed by atoms with Gasteiger partial charge in [-0.25, -0.2) is 0 Å². The van der Waals surface area contributed by atoms with E-state index in [0.717, 1.165) is 55.6 Å². The lowest BCUT2D eigenvalue weighted by atomic mass is 9.72. The summed E-state index contributed by atoms with van der Waals surface area (Å²) >= 11 is 0. The van der Waals surface area contributed by atoms with Crippen LogP contribution in [0.5, 0.6) is 0 Å². The molecule has 2 heterocycles. The molecule has 0 aromatic carbocycles. The van der Waals surface area contributed by atoms with Crippen LogP contribution in [0.25, 0.3) is 0 Å². The maximum atomic E-state index is 5.93. The average Bonchev–Trinajstić information content (AvgIpc) is 4.39. The van der Waals surface area contributed by atoms with Crippen LogP contribution in [-0.2, 0) is 0 Å². The molecule has 0 unspecified atom stereocenters. The second-order valence-electron chi connectivity index (χ2n) is 36.8. The number of nitrogens with zero attached hydrogens (tertiary/aromatic N) is 1. The Hall–Kier alpha value is -1.05. The molecule has 2 saturated heterocycles. The lowest BCUT2D eigenvalue weighted by molar-refractivity contribution is 0.182. The normalized spacial score (nSPS) is 23.3.